The van der Waals surface area contributed by atoms with E-state index in [4.69, 9.17) is 6.42 Å². The van der Waals surface area contributed by atoms with E-state index in [1.54, 1.807) is 0 Å². The van der Waals surface area contributed by atoms with Crippen LogP contribution in [0.2, 0.25) is 0 Å². The molecule has 2 aromatic carbocycles. The van der Waals surface area contributed by atoms with E-state index in [2.05, 4.69) is 126 Å². The smallest absolute Gasteiger partial charge is 0.0311 e. The Morgan fingerprint density at radius 2 is 1.62 bits per heavy atom. The second-order valence-electron chi connectivity index (χ2n) is 10.8. The quantitative estimate of drug-likeness (QED) is 0.230. The number of hydrogen-bond donors (Lipinski definition) is 0. The number of rotatable bonds is 9. The van der Waals surface area contributed by atoms with Gasteiger partial charge >= 0.3 is 0 Å². The molecule has 0 heterocycles. The molecule has 0 unspecified atom stereocenters. The molecule has 0 nitrogen and oxygen atoms in total. The summed E-state index contributed by atoms with van der Waals surface area (Å²) in [5.41, 5.74) is 12.0. The van der Waals surface area contributed by atoms with Crippen molar-refractivity contribution in [3.05, 3.63) is 117 Å². The van der Waals surface area contributed by atoms with Gasteiger partial charge in [0.1, 0.15) is 0 Å². The molecular formula is C39H48. The summed E-state index contributed by atoms with van der Waals surface area (Å²) in [4.78, 5) is 0. The summed E-state index contributed by atoms with van der Waals surface area (Å²) in [6, 6.07) is 15.9. The highest BCUT2D eigenvalue weighted by molar-refractivity contribution is 5.43. The minimum Gasteiger partial charge on any atom is -0.120 e. The summed E-state index contributed by atoms with van der Waals surface area (Å²) >= 11 is 0. The Labute approximate surface area is 240 Å². The second kappa shape index (κ2) is 15.8. The molecule has 0 saturated heterocycles. The summed E-state index contributed by atoms with van der Waals surface area (Å²) in [5.74, 6) is 9.60. The van der Waals surface area contributed by atoms with Gasteiger partial charge in [-0.1, -0.05) is 124 Å². The van der Waals surface area contributed by atoms with Crippen LogP contribution in [0.5, 0.6) is 0 Å². The Balaban J connectivity index is 0.00000260. The second-order valence-corrected chi connectivity index (χ2v) is 10.8. The Morgan fingerprint density at radius 3 is 2.26 bits per heavy atom. The fourth-order valence-electron chi connectivity index (χ4n) is 4.65. The molecule has 0 N–H and O–H groups in total. The lowest BCUT2D eigenvalue weighted by Crippen LogP contribution is -2.20. The highest BCUT2D eigenvalue weighted by Crippen LogP contribution is 2.34. The molecule has 2 aromatic rings. The molecule has 204 valence electrons. The lowest BCUT2D eigenvalue weighted by atomic mass is 9.75. The number of aryl methyl sites for hydroxylation is 2. The van der Waals surface area contributed by atoms with Gasteiger partial charge in [0.05, 0.1) is 0 Å². The van der Waals surface area contributed by atoms with Gasteiger partial charge in [-0.15, -0.1) is 12.3 Å². The van der Waals surface area contributed by atoms with Crippen LogP contribution in [0.15, 0.2) is 89.1 Å². The first-order valence-corrected chi connectivity index (χ1v) is 14.5. The van der Waals surface area contributed by atoms with Gasteiger partial charge < -0.3 is 0 Å². The van der Waals surface area contributed by atoms with Crippen molar-refractivity contribution in [2.45, 2.75) is 99.3 Å². The van der Waals surface area contributed by atoms with Crippen molar-refractivity contribution in [2.75, 3.05) is 0 Å². The zero-order valence-electron chi connectivity index (χ0n) is 25.7. The van der Waals surface area contributed by atoms with Crippen molar-refractivity contribution >= 4 is 0 Å². The first-order valence-electron chi connectivity index (χ1n) is 14.5. The maximum Gasteiger partial charge on any atom is 0.0311 e. The molecule has 0 radical (unpaired) electrons. The zero-order chi connectivity index (χ0) is 28.8. The normalized spacial score (nSPS) is 16.6. The molecular weight excluding hydrogens is 468 g/mol. The summed E-state index contributed by atoms with van der Waals surface area (Å²) in [6.07, 6.45) is 19.9. The van der Waals surface area contributed by atoms with Crippen LogP contribution in [0.4, 0.5) is 0 Å². The summed E-state index contributed by atoms with van der Waals surface area (Å²) in [5, 5.41) is 0. The van der Waals surface area contributed by atoms with Crippen LogP contribution in [0.1, 0.15) is 95.0 Å². The monoisotopic (exact) mass is 516 g/mol. The van der Waals surface area contributed by atoms with E-state index in [1.807, 2.05) is 13.8 Å². The Morgan fingerprint density at radius 1 is 0.949 bits per heavy atom. The summed E-state index contributed by atoms with van der Waals surface area (Å²) in [6.45, 7) is 17.4. The van der Waals surface area contributed by atoms with Gasteiger partial charge in [0.2, 0.25) is 0 Å². The molecule has 0 heteroatoms. The van der Waals surface area contributed by atoms with Crippen molar-refractivity contribution in [3.63, 3.8) is 0 Å². The predicted octanol–water partition coefficient (Wildman–Crippen LogP) is 10.3. The molecule has 39 heavy (non-hydrogen) atoms. The average Bonchev–Trinajstić information content (AvgIpc) is 2.92. The van der Waals surface area contributed by atoms with Crippen molar-refractivity contribution in [2.24, 2.45) is 0 Å². The molecule has 0 spiro atoms. The van der Waals surface area contributed by atoms with Gasteiger partial charge in [0.25, 0.3) is 0 Å². The third-order valence-corrected chi connectivity index (χ3v) is 7.60. The van der Waals surface area contributed by atoms with E-state index in [9.17, 15) is 0 Å². The number of allylic oxidation sites excluding steroid dienone is 8. The van der Waals surface area contributed by atoms with E-state index in [0.29, 0.717) is 6.42 Å². The third kappa shape index (κ3) is 9.65. The number of benzene rings is 2. The van der Waals surface area contributed by atoms with Gasteiger partial charge in [-0.3, -0.25) is 0 Å². The molecule has 0 aromatic heterocycles. The summed E-state index contributed by atoms with van der Waals surface area (Å²) < 4.78 is 0. The van der Waals surface area contributed by atoms with Crippen LogP contribution >= 0.6 is 0 Å². The highest BCUT2D eigenvalue weighted by Gasteiger charge is 2.25. The van der Waals surface area contributed by atoms with Crippen LogP contribution in [0.25, 0.3) is 0 Å². The molecule has 0 atom stereocenters. The molecule has 3 rings (SSSR count). The van der Waals surface area contributed by atoms with E-state index < -0.39 is 0 Å². The Hall–Kier alpha value is -3.48. The first kappa shape index (κ1) is 31.7. The van der Waals surface area contributed by atoms with E-state index in [-0.39, 0.29) is 5.41 Å². The fraction of sp³-hybridized carbons (Fsp3) is 0.385. The topological polar surface area (TPSA) is 0 Å². The Kier molecular flexibility index (Phi) is 12.9. The highest BCUT2D eigenvalue weighted by atomic mass is 14.3. The van der Waals surface area contributed by atoms with Gasteiger partial charge in [-0.2, -0.15) is 0 Å². The van der Waals surface area contributed by atoms with E-state index >= 15 is 0 Å². The maximum atomic E-state index is 5.52. The summed E-state index contributed by atoms with van der Waals surface area (Å²) in [7, 11) is 0. The van der Waals surface area contributed by atoms with Gasteiger partial charge in [-0.25, -0.2) is 0 Å². The number of terminal acetylenes is 1. The third-order valence-electron chi connectivity index (χ3n) is 7.60. The largest absolute Gasteiger partial charge is 0.120 e. The predicted molar refractivity (Wildman–Crippen MR) is 173 cm³/mol. The lowest BCUT2D eigenvalue weighted by Gasteiger charge is -2.28. The Bertz CT molecular complexity index is 1320. The van der Waals surface area contributed by atoms with Gasteiger partial charge in [-0.05, 0) is 79.0 Å². The van der Waals surface area contributed by atoms with Crippen LogP contribution in [-0.4, -0.2) is 0 Å². The fourth-order valence-corrected chi connectivity index (χ4v) is 4.65. The zero-order valence-corrected chi connectivity index (χ0v) is 25.7. The standard InChI is InChI=1S/C37H42.C2H6/c1-8-10-13-33(24-28(3)9-2)27-32-19-22-36(23-20-32)37(6,7)35-15-12-11-14-31(18-21-35)26-34-17-16-29(4)30(5)25-34;1-2/h1,13,16-25H,9-10,14-15,26-27H2,2-7H3;1-2H3/b28-24-,31-18+,33-13+,35-21+;. The molecule has 0 aliphatic heterocycles. The number of hydrogen-bond acceptors (Lipinski definition) is 0. The lowest BCUT2D eigenvalue weighted by molar-refractivity contribution is 0.611. The van der Waals surface area contributed by atoms with Crippen molar-refractivity contribution in [3.8, 4) is 24.2 Å². The maximum absolute atomic E-state index is 5.52. The van der Waals surface area contributed by atoms with Gasteiger partial charge in [0.15, 0.2) is 0 Å². The molecule has 0 bridgehead atoms. The average molecular weight is 517 g/mol. The molecule has 0 saturated carbocycles. The molecule has 1 aliphatic carbocycles. The minimum absolute atomic E-state index is 0.0898. The van der Waals surface area contributed by atoms with E-state index in [0.717, 1.165) is 32.1 Å². The van der Waals surface area contributed by atoms with Crippen molar-refractivity contribution < 1.29 is 0 Å². The molecule has 0 amide bonds. The van der Waals surface area contributed by atoms with Crippen molar-refractivity contribution in [1.82, 2.24) is 0 Å². The SMILES string of the molecule is C#CC/C=C(\C=C(\C)CC)Cc1ccc(C(C)(C)/C2=C/C=C(/Cc3ccc(C)c(C)c3)CC#CC2)cc1.CC. The van der Waals surface area contributed by atoms with Gasteiger partial charge in [0, 0.05) is 24.7 Å². The van der Waals surface area contributed by atoms with Crippen LogP contribution in [0, 0.1) is 38.0 Å². The molecule has 1 aliphatic rings. The molecule has 0 fully saturated rings. The first-order chi connectivity index (χ1) is 18.7. The van der Waals surface area contributed by atoms with Crippen LogP contribution in [0.3, 0.4) is 0 Å². The minimum atomic E-state index is -0.0898. The van der Waals surface area contributed by atoms with E-state index in [1.165, 1.54) is 50.1 Å². The van der Waals surface area contributed by atoms with Crippen LogP contribution in [-0.2, 0) is 18.3 Å². The van der Waals surface area contributed by atoms with Crippen molar-refractivity contribution in [1.29, 1.82) is 0 Å². The van der Waals surface area contributed by atoms with Crippen LogP contribution < -0.4 is 0 Å².